The number of amides is 4. The van der Waals surface area contributed by atoms with Crippen LogP contribution < -0.4 is 4.72 Å². The Morgan fingerprint density at radius 3 is 2.33 bits per heavy atom. The molecule has 1 N–H and O–H groups in total. The second kappa shape index (κ2) is 12.6. The molecule has 3 aromatic carbocycles. The van der Waals surface area contributed by atoms with Gasteiger partial charge in [0.2, 0.25) is 21.8 Å². The molecule has 3 aromatic rings. The zero-order valence-corrected chi connectivity index (χ0v) is 25.0. The van der Waals surface area contributed by atoms with E-state index in [1.54, 1.807) is 13.0 Å². The van der Waals surface area contributed by atoms with E-state index in [0.29, 0.717) is 23.6 Å². The van der Waals surface area contributed by atoms with Crippen LogP contribution in [0.25, 0.3) is 11.1 Å². The molecule has 42 heavy (non-hydrogen) atoms. The van der Waals surface area contributed by atoms with E-state index in [2.05, 4.69) is 4.72 Å². The van der Waals surface area contributed by atoms with E-state index in [1.807, 2.05) is 53.4 Å². The zero-order chi connectivity index (χ0) is 29.9. The predicted octanol–water partition coefficient (Wildman–Crippen LogP) is 4.57. The SMILES string of the molecule is Cc1cc(Cl)ccc1S(=O)(=O)NCCN1CCC(=O)N(Cc2ccccc2-c2ccc(CN3CCCC3=O)cc2)C1=O. The lowest BCUT2D eigenvalue weighted by molar-refractivity contribution is -0.131. The van der Waals surface area contributed by atoms with E-state index in [9.17, 15) is 22.8 Å². The molecule has 0 aromatic heterocycles. The monoisotopic (exact) mass is 608 g/mol. The first-order valence-corrected chi connectivity index (χ1v) is 15.8. The number of imide groups is 1. The minimum atomic E-state index is -3.79. The predicted molar refractivity (Wildman–Crippen MR) is 160 cm³/mol. The summed E-state index contributed by atoms with van der Waals surface area (Å²) >= 11 is 5.95. The molecule has 0 atom stereocenters. The molecule has 0 saturated carbocycles. The number of sulfonamides is 1. The summed E-state index contributed by atoms with van der Waals surface area (Å²) in [7, 11) is -3.79. The molecule has 9 nitrogen and oxygen atoms in total. The fourth-order valence-electron chi connectivity index (χ4n) is 5.40. The van der Waals surface area contributed by atoms with Crippen LogP contribution in [-0.4, -0.2) is 67.1 Å². The third-order valence-electron chi connectivity index (χ3n) is 7.65. The molecule has 2 aliphatic rings. The number of nitrogens with zero attached hydrogens (tertiary/aromatic N) is 3. The van der Waals surface area contributed by atoms with Gasteiger partial charge in [0.15, 0.2) is 0 Å². The van der Waals surface area contributed by atoms with Crippen molar-refractivity contribution in [2.24, 2.45) is 0 Å². The molecule has 2 aliphatic heterocycles. The van der Waals surface area contributed by atoms with Crippen molar-refractivity contribution in [2.75, 3.05) is 26.2 Å². The van der Waals surface area contributed by atoms with E-state index >= 15 is 0 Å². The van der Waals surface area contributed by atoms with Crippen molar-refractivity contribution in [1.82, 2.24) is 19.4 Å². The van der Waals surface area contributed by atoms with Crippen LogP contribution in [0.15, 0.2) is 71.6 Å². The maximum Gasteiger partial charge on any atom is 0.327 e. The molecule has 0 spiro atoms. The Hall–Kier alpha value is -3.73. The summed E-state index contributed by atoms with van der Waals surface area (Å²) in [5.74, 6) is -0.0857. The lowest BCUT2D eigenvalue weighted by atomic mass is 9.98. The van der Waals surface area contributed by atoms with Crippen molar-refractivity contribution in [3.05, 3.63) is 88.4 Å². The number of nitrogens with one attached hydrogen (secondary N) is 1. The van der Waals surface area contributed by atoms with Gasteiger partial charge in [-0.25, -0.2) is 17.9 Å². The highest BCUT2D eigenvalue weighted by atomic mass is 35.5. The third-order valence-corrected chi connectivity index (χ3v) is 9.51. The second-order valence-electron chi connectivity index (χ2n) is 10.6. The minimum absolute atomic E-state index is 0.00410. The summed E-state index contributed by atoms with van der Waals surface area (Å²) in [6.07, 6.45) is 1.66. The van der Waals surface area contributed by atoms with Crippen molar-refractivity contribution in [3.8, 4) is 11.1 Å². The molecule has 11 heteroatoms. The Morgan fingerprint density at radius 1 is 0.857 bits per heavy atom. The Bertz CT molecular complexity index is 1610. The number of likely N-dealkylation sites (tertiary alicyclic amines) is 1. The van der Waals surface area contributed by atoms with Gasteiger partial charge >= 0.3 is 6.03 Å². The van der Waals surface area contributed by atoms with Crippen LogP contribution in [0.1, 0.15) is 36.0 Å². The molecule has 0 radical (unpaired) electrons. The highest BCUT2D eigenvalue weighted by Crippen LogP contribution is 2.27. The fourth-order valence-corrected chi connectivity index (χ4v) is 6.87. The molecule has 2 saturated heterocycles. The Labute approximate surface area is 251 Å². The maximum atomic E-state index is 13.3. The Kier molecular flexibility index (Phi) is 8.96. The molecule has 0 aliphatic carbocycles. The van der Waals surface area contributed by atoms with Gasteiger partial charge in [0, 0.05) is 50.6 Å². The van der Waals surface area contributed by atoms with E-state index in [1.165, 1.54) is 21.9 Å². The van der Waals surface area contributed by atoms with Crippen molar-refractivity contribution < 1.29 is 22.8 Å². The Balaban J connectivity index is 1.24. The van der Waals surface area contributed by atoms with E-state index in [4.69, 9.17) is 11.6 Å². The van der Waals surface area contributed by atoms with Gasteiger partial charge in [-0.3, -0.25) is 14.5 Å². The van der Waals surface area contributed by atoms with E-state index < -0.39 is 16.1 Å². The normalized spacial score (nSPS) is 16.0. The van der Waals surface area contributed by atoms with Gasteiger partial charge in [-0.1, -0.05) is 60.1 Å². The Morgan fingerprint density at radius 2 is 1.62 bits per heavy atom. The average molecular weight is 609 g/mol. The van der Waals surface area contributed by atoms with Crippen molar-refractivity contribution in [2.45, 2.75) is 44.2 Å². The first-order chi connectivity index (χ1) is 20.1. The lowest BCUT2D eigenvalue weighted by Crippen LogP contribution is -2.53. The number of hydrogen-bond donors (Lipinski definition) is 1. The smallest absolute Gasteiger partial charge is 0.327 e. The van der Waals surface area contributed by atoms with E-state index in [-0.39, 0.29) is 49.3 Å². The van der Waals surface area contributed by atoms with Crippen LogP contribution >= 0.6 is 11.6 Å². The molecule has 2 fully saturated rings. The van der Waals surface area contributed by atoms with Gasteiger partial charge in [-0.15, -0.1) is 0 Å². The summed E-state index contributed by atoms with van der Waals surface area (Å²) in [6, 6.07) is 19.7. The standard InChI is InChI=1S/C31H33ClN4O5S/c1-22-19-26(32)12-13-28(22)42(40,41)33-15-18-34-17-14-30(38)36(31(34)39)21-25-5-2-3-6-27(25)24-10-8-23(9-11-24)20-35-16-4-7-29(35)37/h2-3,5-6,8-13,19,33H,4,7,14-18,20-21H2,1H3. The molecule has 5 rings (SSSR count). The number of benzene rings is 3. The van der Waals surface area contributed by atoms with Gasteiger partial charge in [0.25, 0.3) is 0 Å². The number of carbonyl (C=O) groups excluding carboxylic acids is 3. The highest BCUT2D eigenvalue weighted by molar-refractivity contribution is 7.89. The molecule has 220 valence electrons. The summed E-state index contributed by atoms with van der Waals surface area (Å²) in [5, 5.41) is 0.448. The molecule has 0 bridgehead atoms. The maximum absolute atomic E-state index is 13.3. The third kappa shape index (κ3) is 6.67. The molecular formula is C31H33ClN4O5S. The summed E-state index contributed by atoms with van der Waals surface area (Å²) in [4.78, 5) is 42.9. The largest absolute Gasteiger partial charge is 0.338 e. The fraction of sp³-hybridized carbons (Fsp3) is 0.323. The molecular weight excluding hydrogens is 576 g/mol. The number of urea groups is 1. The van der Waals surface area contributed by atoms with Crippen LogP contribution in [0.5, 0.6) is 0 Å². The summed E-state index contributed by atoms with van der Waals surface area (Å²) in [5.41, 5.74) is 4.25. The number of halogens is 1. The minimum Gasteiger partial charge on any atom is -0.338 e. The van der Waals surface area contributed by atoms with Gasteiger partial charge in [-0.2, -0.15) is 0 Å². The van der Waals surface area contributed by atoms with Gasteiger partial charge in [0.05, 0.1) is 11.4 Å². The van der Waals surface area contributed by atoms with Gasteiger partial charge < -0.3 is 9.80 Å². The second-order valence-corrected chi connectivity index (χ2v) is 12.8. The van der Waals surface area contributed by atoms with Gasteiger partial charge in [-0.05, 0) is 59.4 Å². The average Bonchev–Trinajstić information content (AvgIpc) is 3.36. The summed E-state index contributed by atoms with van der Waals surface area (Å²) < 4.78 is 28.1. The lowest BCUT2D eigenvalue weighted by Gasteiger charge is -2.34. The van der Waals surface area contributed by atoms with Crippen LogP contribution in [0, 0.1) is 6.92 Å². The quantitative estimate of drug-likeness (QED) is 0.363. The van der Waals surface area contributed by atoms with Crippen molar-refractivity contribution in [1.29, 1.82) is 0 Å². The van der Waals surface area contributed by atoms with Crippen LogP contribution in [0.4, 0.5) is 4.79 Å². The van der Waals surface area contributed by atoms with Crippen LogP contribution in [0.2, 0.25) is 5.02 Å². The van der Waals surface area contributed by atoms with Crippen molar-refractivity contribution in [3.63, 3.8) is 0 Å². The first-order valence-electron chi connectivity index (χ1n) is 13.9. The first kappa shape index (κ1) is 29.8. The zero-order valence-electron chi connectivity index (χ0n) is 23.4. The number of rotatable bonds is 10. The molecule has 4 amide bonds. The van der Waals surface area contributed by atoms with Crippen molar-refractivity contribution >= 4 is 39.5 Å². The molecule has 2 heterocycles. The van der Waals surface area contributed by atoms with E-state index in [0.717, 1.165) is 35.2 Å². The summed E-state index contributed by atoms with van der Waals surface area (Å²) in [6.45, 7) is 3.49. The van der Waals surface area contributed by atoms with Gasteiger partial charge in [0.1, 0.15) is 0 Å². The highest BCUT2D eigenvalue weighted by Gasteiger charge is 2.32. The van der Waals surface area contributed by atoms with Crippen LogP contribution in [0.3, 0.4) is 0 Å². The number of hydrogen-bond acceptors (Lipinski definition) is 5. The number of aryl methyl sites for hydroxylation is 1. The molecule has 0 unspecified atom stereocenters. The van der Waals surface area contributed by atoms with Crippen LogP contribution in [-0.2, 0) is 32.7 Å². The topological polar surface area (TPSA) is 107 Å². The number of carbonyl (C=O) groups is 3.